The molecule has 1 rings (SSSR count). The van der Waals surface area contributed by atoms with Gasteiger partial charge in [0.25, 0.3) is 0 Å². The zero-order valence-corrected chi connectivity index (χ0v) is 10.7. The van der Waals surface area contributed by atoms with E-state index in [0.717, 1.165) is 12.1 Å². The summed E-state index contributed by atoms with van der Waals surface area (Å²) in [7, 11) is 1.50. The monoisotopic (exact) mass is 250 g/mol. The highest BCUT2D eigenvalue weighted by atomic mass is 19.4. The van der Waals surface area contributed by atoms with Gasteiger partial charge in [-0.3, -0.25) is 0 Å². The quantitative estimate of drug-likeness (QED) is 0.839. The van der Waals surface area contributed by atoms with Gasteiger partial charge in [-0.2, -0.15) is 13.2 Å². The number of hydrogen-bond acceptors (Lipinski definition) is 2. The molecule has 3 N–H and O–H groups in total. The lowest BCUT2D eigenvalue weighted by Gasteiger charge is -2.08. The van der Waals surface area contributed by atoms with E-state index < -0.39 is 11.7 Å². The standard InChI is InChI=1S/C9H10F3N.C2H6.CH5N/c1-2-13-8-5-3-4-7(6-8)9(10,11)12;2*1-2/h3-6,13H,2H2,1H3;1-2H3;2H2,1H3. The molecule has 0 heterocycles. The molecular formula is C12H21F3N2. The summed E-state index contributed by atoms with van der Waals surface area (Å²) in [6, 6.07) is 5.16. The van der Waals surface area contributed by atoms with Gasteiger partial charge in [0.1, 0.15) is 0 Å². The fourth-order valence-corrected chi connectivity index (χ4v) is 1.01. The minimum Gasteiger partial charge on any atom is -0.385 e. The fourth-order valence-electron chi connectivity index (χ4n) is 1.01. The Labute approximate surface area is 101 Å². The average molecular weight is 250 g/mol. The van der Waals surface area contributed by atoms with E-state index in [2.05, 4.69) is 11.1 Å². The Balaban J connectivity index is 0. The number of alkyl halides is 3. The first-order chi connectivity index (χ1) is 8.04. The van der Waals surface area contributed by atoms with Gasteiger partial charge in [0.15, 0.2) is 0 Å². The highest BCUT2D eigenvalue weighted by Crippen LogP contribution is 2.30. The van der Waals surface area contributed by atoms with Gasteiger partial charge in [-0.25, -0.2) is 0 Å². The van der Waals surface area contributed by atoms with E-state index in [1.54, 1.807) is 6.07 Å². The van der Waals surface area contributed by atoms with Gasteiger partial charge in [0, 0.05) is 12.2 Å². The zero-order valence-electron chi connectivity index (χ0n) is 10.7. The smallest absolute Gasteiger partial charge is 0.385 e. The predicted molar refractivity (Wildman–Crippen MR) is 67.1 cm³/mol. The minimum absolute atomic E-state index is 0.498. The van der Waals surface area contributed by atoms with Crippen LogP contribution in [0.15, 0.2) is 24.3 Å². The average Bonchev–Trinajstić information content (AvgIpc) is 2.34. The third-order valence-corrected chi connectivity index (χ3v) is 1.57. The van der Waals surface area contributed by atoms with Crippen LogP contribution in [0, 0.1) is 0 Å². The molecule has 1 aromatic carbocycles. The van der Waals surface area contributed by atoms with Crippen LogP contribution in [0.3, 0.4) is 0 Å². The molecule has 1 aromatic rings. The van der Waals surface area contributed by atoms with E-state index >= 15 is 0 Å². The van der Waals surface area contributed by atoms with Gasteiger partial charge in [-0.15, -0.1) is 0 Å². The van der Waals surface area contributed by atoms with Crippen LogP contribution in [0.1, 0.15) is 26.3 Å². The van der Waals surface area contributed by atoms with Crippen molar-refractivity contribution in [2.45, 2.75) is 26.9 Å². The first kappa shape index (κ1) is 18.1. The number of nitrogens with two attached hydrogens (primary N) is 1. The van der Waals surface area contributed by atoms with Crippen LogP contribution in [0.2, 0.25) is 0 Å². The second kappa shape index (κ2) is 9.96. The Kier molecular flexibility index (Phi) is 10.6. The lowest BCUT2D eigenvalue weighted by molar-refractivity contribution is -0.137. The maximum absolute atomic E-state index is 12.2. The van der Waals surface area contributed by atoms with Crippen LogP contribution >= 0.6 is 0 Å². The second-order valence-corrected chi connectivity index (χ2v) is 2.61. The molecule has 0 saturated heterocycles. The SMILES string of the molecule is CC.CCNc1cccc(C(F)(F)F)c1.CN. The fraction of sp³-hybridized carbons (Fsp3) is 0.500. The van der Waals surface area contributed by atoms with Gasteiger partial charge in [-0.1, -0.05) is 19.9 Å². The third-order valence-electron chi connectivity index (χ3n) is 1.57. The normalized spacial score (nSPS) is 9.41. The first-order valence-corrected chi connectivity index (χ1v) is 5.53. The van der Waals surface area contributed by atoms with E-state index in [1.807, 2.05) is 20.8 Å². The van der Waals surface area contributed by atoms with E-state index in [4.69, 9.17) is 0 Å². The third kappa shape index (κ3) is 7.63. The van der Waals surface area contributed by atoms with Crippen LogP contribution in [0.4, 0.5) is 18.9 Å². The highest BCUT2D eigenvalue weighted by molar-refractivity contribution is 5.46. The molecule has 0 aliphatic heterocycles. The Morgan fingerprint density at radius 3 is 2.12 bits per heavy atom. The summed E-state index contributed by atoms with van der Waals surface area (Å²) in [5, 5.41) is 2.82. The number of anilines is 1. The number of hydrogen-bond donors (Lipinski definition) is 2. The van der Waals surface area contributed by atoms with Gasteiger partial charge in [0.2, 0.25) is 0 Å². The van der Waals surface area contributed by atoms with Gasteiger partial charge in [-0.05, 0) is 32.2 Å². The van der Waals surface area contributed by atoms with Crippen LogP contribution in [0.5, 0.6) is 0 Å². The van der Waals surface area contributed by atoms with Crippen LogP contribution in [0.25, 0.3) is 0 Å². The summed E-state index contributed by atoms with van der Waals surface area (Å²) >= 11 is 0. The molecular weight excluding hydrogens is 229 g/mol. The Hall–Kier alpha value is -1.23. The van der Waals surface area contributed by atoms with E-state index in [9.17, 15) is 13.2 Å². The number of rotatable bonds is 2. The molecule has 0 aliphatic carbocycles. The molecule has 17 heavy (non-hydrogen) atoms. The molecule has 0 bridgehead atoms. The molecule has 0 aromatic heterocycles. The minimum atomic E-state index is -4.26. The van der Waals surface area contributed by atoms with E-state index in [1.165, 1.54) is 13.1 Å². The summed E-state index contributed by atoms with van der Waals surface area (Å²) in [6.07, 6.45) is -4.26. The van der Waals surface area contributed by atoms with Crippen molar-refractivity contribution in [3.8, 4) is 0 Å². The molecule has 0 fully saturated rings. The molecule has 0 spiro atoms. The largest absolute Gasteiger partial charge is 0.416 e. The predicted octanol–water partition coefficient (Wildman–Crippen LogP) is 3.74. The van der Waals surface area contributed by atoms with Crippen molar-refractivity contribution >= 4 is 5.69 Å². The van der Waals surface area contributed by atoms with E-state index in [-0.39, 0.29) is 0 Å². The molecule has 0 amide bonds. The lowest BCUT2D eigenvalue weighted by atomic mass is 10.2. The molecule has 2 nitrogen and oxygen atoms in total. The first-order valence-electron chi connectivity index (χ1n) is 5.53. The topological polar surface area (TPSA) is 38.0 Å². The summed E-state index contributed by atoms with van der Waals surface area (Å²) in [5.41, 5.74) is 4.38. The van der Waals surface area contributed by atoms with Crippen molar-refractivity contribution in [1.29, 1.82) is 0 Å². The van der Waals surface area contributed by atoms with Crippen molar-refractivity contribution in [3.63, 3.8) is 0 Å². The summed E-state index contributed by atoms with van der Waals surface area (Å²) in [4.78, 5) is 0. The molecule has 0 radical (unpaired) electrons. The number of halogens is 3. The number of benzene rings is 1. The van der Waals surface area contributed by atoms with Crippen molar-refractivity contribution < 1.29 is 13.2 Å². The van der Waals surface area contributed by atoms with Crippen molar-refractivity contribution in [3.05, 3.63) is 29.8 Å². The molecule has 0 atom stereocenters. The van der Waals surface area contributed by atoms with Crippen molar-refractivity contribution in [2.24, 2.45) is 5.73 Å². The molecule has 0 aliphatic rings. The molecule has 0 saturated carbocycles. The highest BCUT2D eigenvalue weighted by Gasteiger charge is 2.30. The Morgan fingerprint density at radius 1 is 1.18 bits per heavy atom. The Bertz CT molecular complexity index is 285. The second-order valence-electron chi connectivity index (χ2n) is 2.61. The molecule has 5 heteroatoms. The summed E-state index contributed by atoms with van der Waals surface area (Å²) < 4.78 is 36.5. The van der Waals surface area contributed by atoms with Crippen molar-refractivity contribution in [2.75, 3.05) is 18.9 Å². The van der Waals surface area contributed by atoms with Gasteiger partial charge >= 0.3 is 6.18 Å². The maximum Gasteiger partial charge on any atom is 0.416 e. The van der Waals surface area contributed by atoms with Crippen molar-refractivity contribution in [1.82, 2.24) is 0 Å². The maximum atomic E-state index is 12.2. The van der Waals surface area contributed by atoms with Gasteiger partial charge in [0.05, 0.1) is 5.56 Å². The number of nitrogens with one attached hydrogen (secondary N) is 1. The lowest BCUT2D eigenvalue weighted by Crippen LogP contribution is -2.06. The molecule has 0 unspecified atom stereocenters. The Morgan fingerprint density at radius 2 is 1.71 bits per heavy atom. The zero-order chi connectivity index (χ0) is 13.9. The summed E-state index contributed by atoms with van der Waals surface area (Å²) in [6.45, 7) is 6.45. The van der Waals surface area contributed by atoms with Crippen LogP contribution < -0.4 is 11.1 Å². The van der Waals surface area contributed by atoms with Crippen LogP contribution in [-0.2, 0) is 6.18 Å². The van der Waals surface area contributed by atoms with Crippen LogP contribution in [-0.4, -0.2) is 13.6 Å². The van der Waals surface area contributed by atoms with E-state index in [0.29, 0.717) is 12.2 Å². The van der Waals surface area contributed by atoms with Gasteiger partial charge < -0.3 is 11.1 Å². The molecule has 100 valence electrons. The summed E-state index contributed by atoms with van der Waals surface area (Å²) in [5.74, 6) is 0.